The number of esters is 1. The molecule has 6 heteroatoms. The average molecular weight is 440 g/mol. The van der Waals surface area contributed by atoms with Gasteiger partial charge >= 0.3 is 5.97 Å². The van der Waals surface area contributed by atoms with Crippen LogP contribution in [0.15, 0.2) is 66.7 Å². The van der Waals surface area contributed by atoms with E-state index in [0.29, 0.717) is 48.5 Å². The third kappa shape index (κ3) is 6.40. The zero-order chi connectivity index (χ0) is 22.1. The lowest BCUT2D eigenvalue weighted by molar-refractivity contribution is 0.0526. The van der Waals surface area contributed by atoms with Crippen LogP contribution in [-0.4, -0.2) is 19.2 Å². The molecule has 0 spiro atoms. The summed E-state index contributed by atoms with van der Waals surface area (Å²) in [5.41, 5.74) is 3.41. The van der Waals surface area contributed by atoms with Crippen LogP contribution in [0.25, 0.3) is 0 Å². The van der Waals surface area contributed by atoms with E-state index in [1.165, 1.54) is 0 Å². The third-order valence-electron chi connectivity index (χ3n) is 4.54. The van der Waals surface area contributed by atoms with Gasteiger partial charge in [0.05, 0.1) is 18.8 Å². The SMILES string of the molecule is CCOC(=O)c1ccc(NCc2ccc(OCc3ccccc3Cl)c(OCC)c2)cc1. The van der Waals surface area contributed by atoms with Gasteiger partial charge in [-0.25, -0.2) is 4.79 Å². The molecule has 0 amide bonds. The van der Waals surface area contributed by atoms with Crippen molar-refractivity contribution in [1.82, 2.24) is 0 Å². The molecule has 3 aromatic carbocycles. The highest BCUT2D eigenvalue weighted by Gasteiger charge is 2.09. The van der Waals surface area contributed by atoms with E-state index in [9.17, 15) is 4.79 Å². The number of carbonyl (C=O) groups is 1. The van der Waals surface area contributed by atoms with Crippen LogP contribution < -0.4 is 14.8 Å². The normalized spacial score (nSPS) is 10.4. The topological polar surface area (TPSA) is 56.8 Å². The molecule has 5 nitrogen and oxygen atoms in total. The van der Waals surface area contributed by atoms with Crippen LogP contribution in [0.3, 0.4) is 0 Å². The number of hydrogen-bond donors (Lipinski definition) is 1. The maximum absolute atomic E-state index is 11.8. The number of anilines is 1. The summed E-state index contributed by atoms with van der Waals surface area (Å²) in [6.45, 7) is 5.59. The molecule has 0 unspecified atom stereocenters. The summed E-state index contributed by atoms with van der Waals surface area (Å²) in [7, 11) is 0. The summed E-state index contributed by atoms with van der Waals surface area (Å²) >= 11 is 6.21. The van der Waals surface area contributed by atoms with Crippen LogP contribution in [0.1, 0.15) is 35.3 Å². The quantitative estimate of drug-likeness (QED) is 0.386. The zero-order valence-corrected chi connectivity index (χ0v) is 18.4. The fourth-order valence-corrected chi connectivity index (χ4v) is 3.15. The number of ether oxygens (including phenoxy) is 3. The number of halogens is 1. The summed E-state index contributed by atoms with van der Waals surface area (Å²) in [6, 6.07) is 20.7. The first kappa shape index (κ1) is 22.5. The van der Waals surface area contributed by atoms with Crippen molar-refractivity contribution in [2.24, 2.45) is 0 Å². The fraction of sp³-hybridized carbons (Fsp3) is 0.240. The van der Waals surface area contributed by atoms with Crippen LogP contribution in [0.2, 0.25) is 5.02 Å². The van der Waals surface area contributed by atoms with Crippen molar-refractivity contribution < 1.29 is 19.0 Å². The second kappa shape index (κ2) is 11.3. The van der Waals surface area contributed by atoms with Crippen molar-refractivity contribution in [2.45, 2.75) is 27.0 Å². The van der Waals surface area contributed by atoms with E-state index < -0.39 is 0 Å². The van der Waals surface area contributed by atoms with Gasteiger partial charge in [-0.15, -0.1) is 0 Å². The Balaban J connectivity index is 1.63. The largest absolute Gasteiger partial charge is 0.490 e. The van der Waals surface area contributed by atoms with E-state index in [4.69, 9.17) is 25.8 Å². The monoisotopic (exact) mass is 439 g/mol. The molecule has 3 aromatic rings. The molecule has 31 heavy (non-hydrogen) atoms. The number of rotatable bonds is 10. The maximum Gasteiger partial charge on any atom is 0.338 e. The molecule has 3 rings (SSSR count). The molecule has 1 N–H and O–H groups in total. The molecule has 0 aromatic heterocycles. The molecule has 0 aliphatic rings. The molecule has 0 saturated heterocycles. The molecular formula is C25H26ClNO4. The van der Waals surface area contributed by atoms with Gasteiger partial charge in [-0.05, 0) is 61.9 Å². The third-order valence-corrected chi connectivity index (χ3v) is 4.91. The van der Waals surface area contributed by atoms with Crippen LogP contribution in [-0.2, 0) is 17.9 Å². The minimum Gasteiger partial charge on any atom is -0.490 e. The van der Waals surface area contributed by atoms with Gasteiger partial charge in [-0.1, -0.05) is 35.9 Å². The minimum absolute atomic E-state index is 0.317. The van der Waals surface area contributed by atoms with Gasteiger partial charge in [0, 0.05) is 22.8 Å². The molecular weight excluding hydrogens is 414 g/mol. The fourth-order valence-electron chi connectivity index (χ4n) is 2.96. The summed E-state index contributed by atoms with van der Waals surface area (Å²) in [5, 5.41) is 4.02. The van der Waals surface area contributed by atoms with Gasteiger partial charge in [-0.3, -0.25) is 0 Å². The van der Waals surface area contributed by atoms with E-state index >= 15 is 0 Å². The van der Waals surface area contributed by atoms with Crippen molar-refractivity contribution in [3.05, 3.63) is 88.4 Å². The van der Waals surface area contributed by atoms with Crippen molar-refractivity contribution in [3.63, 3.8) is 0 Å². The van der Waals surface area contributed by atoms with Crippen LogP contribution in [0.4, 0.5) is 5.69 Å². The van der Waals surface area contributed by atoms with E-state index in [1.54, 1.807) is 19.1 Å². The summed E-state index contributed by atoms with van der Waals surface area (Å²) in [6.07, 6.45) is 0. The Labute approximate surface area is 187 Å². The molecule has 0 radical (unpaired) electrons. The lowest BCUT2D eigenvalue weighted by atomic mass is 10.1. The van der Waals surface area contributed by atoms with E-state index in [-0.39, 0.29) is 5.97 Å². The second-order valence-electron chi connectivity index (χ2n) is 6.75. The molecule has 162 valence electrons. The number of benzene rings is 3. The van der Waals surface area contributed by atoms with Gasteiger partial charge in [0.1, 0.15) is 6.61 Å². The van der Waals surface area contributed by atoms with Crippen molar-refractivity contribution in [2.75, 3.05) is 18.5 Å². The Morgan fingerprint density at radius 3 is 2.39 bits per heavy atom. The highest BCUT2D eigenvalue weighted by molar-refractivity contribution is 6.31. The van der Waals surface area contributed by atoms with Gasteiger partial charge in [0.25, 0.3) is 0 Å². The lowest BCUT2D eigenvalue weighted by Crippen LogP contribution is -2.05. The second-order valence-corrected chi connectivity index (χ2v) is 7.15. The molecule has 0 aliphatic carbocycles. The first-order valence-corrected chi connectivity index (χ1v) is 10.6. The molecule has 0 saturated carbocycles. The molecule has 0 heterocycles. The summed E-state index contributed by atoms with van der Waals surface area (Å²) in [5.74, 6) is 1.04. The number of nitrogens with one attached hydrogen (secondary N) is 1. The number of hydrogen-bond acceptors (Lipinski definition) is 5. The summed E-state index contributed by atoms with van der Waals surface area (Å²) < 4.78 is 16.7. The molecule has 0 bridgehead atoms. The Morgan fingerprint density at radius 2 is 1.68 bits per heavy atom. The van der Waals surface area contributed by atoms with E-state index in [0.717, 1.165) is 16.8 Å². The molecule has 0 aliphatic heterocycles. The molecule has 0 atom stereocenters. The van der Waals surface area contributed by atoms with E-state index in [1.807, 2.05) is 61.5 Å². The van der Waals surface area contributed by atoms with Crippen LogP contribution in [0.5, 0.6) is 11.5 Å². The van der Waals surface area contributed by atoms with Crippen LogP contribution >= 0.6 is 11.6 Å². The molecule has 0 fully saturated rings. The van der Waals surface area contributed by atoms with Gasteiger partial charge in [0.15, 0.2) is 11.5 Å². The Bertz CT molecular complexity index is 1000. The Morgan fingerprint density at radius 1 is 0.903 bits per heavy atom. The Hall–Kier alpha value is -3.18. The highest BCUT2D eigenvalue weighted by atomic mass is 35.5. The lowest BCUT2D eigenvalue weighted by Gasteiger charge is -2.15. The average Bonchev–Trinajstić information content (AvgIpc) is 2.79. The zero-order valence-electron chi connectivity index (χ0n) is 17.7. The standard InChI is InChI=1S/C25H26ClNO4/c1-3-29-24-15-18(9-14-23(24)31-17-20-7-5-6-8-22(20)26)16-27-21-12-10-19(11-13-21)25(28)30-4-2/h5-15,27H,3-4,16-17H2,1-2H3. The summed E-state index contributed by atoms with van der Waals surface area (Å²) in [4.78, 5) is 11.8. The van der Waals surface area contributed by atoms with Crippen molar-refractivity contribution in [1.29, 1.82) is 0 Å². The first-order chi connectivity index (χ1) is 15.1. The number of carbonyl (C=O) groups excluding carboxylic acids is 1. The van der Waals surface area contributed by atoms with Gasteiger partial charge in [-0.2, -0.15) is 0 Å². The predicted molar refractivity (Wildman–Crippen MR) is 123 cm³/mol. The smallest absolute Gasteiger partial charge is 0.338 e. The van der Waals surface area contributed by atoms with E-state index in [2.05, 4.69) is 5.32 Å². The van der Waals surface area contributed by atoms with Crippen molar-refractivity contribution in [3.8, 4) is 11.5 Å². The predicted octanol–water partition coefficient (Wildman–Crippen LogP) is 6.11. The van der Waals surface area contributed by atoms with Gasteiger partial charge < -0.3 is 19.5 Å². The highest BCUT2D eigenvalue weighted by Crippen LogP contribution is 2.30. The first-order valence-electron chi connectivity index (χ1n) is 10.2. The Kier molecular flexibility index (Phi) is 8.19. The maximum atomic E-state index is 11.8. The van der Waals surface area contributed by atoms with Crippen LogP contribution in [0, 0.1) is 0 Å². The minimum atomic E-state index is -0.317. The van der Waals surface area contributed by atoms with Crippen molar-refractivity contribution >= 4 is 23.3 Å². The van der Waals surface area contributed by atoms with Gasteiger partial charge in [0.2, 0.25) is 0 Å².